The van der Waals surface area contributed by atoms with Crippen LogP contribution in [0, 0.1) is 11.3 Å². The summed E-state index contributed by atoms with van der Waals surface area (Å²) in [6.45, 7) is 5.69. The molecule has 0 radical (unpaired) electrons. The van der Waals surface area contributed by atoms with Crippen LogP contribution in [0.25, 0.3) is 0 Å². The predicted molar refractivity (Wildman–Crippen MR) is 79.5 cm³/mol. The standard InChI is InChI=1S/C16H30N2O2/c17-12-15(6-9-20-10-7-15)13-18-8-5-16(19)4-2-1-3-14(16)11-18/h14,19H,1-13,17H2. The fourth-order valence-corrected chi connectivity index (χ4v) is 4.49. The van der Waals surface area contributed by atoms with Crippen LogP contribution in [0.5, 0.6) is 0 Å². The minimum atomic E-state index is -0.361. The summed E-state index contributed by atoms with van der Waals surface area (Å²) in [6.07, 6.45) is 7.85. The number of aliphatic hydroxyl groups is 1. The number of piperidine rings is 1. The first-order valence-corrected chi connectivity index (χ1v) is 8.38. The molecule has 0 bridgehead atoms. The molecular formula is C16H30N2O2. The zero-order chi connectivity index (χ0) is 14.1. The molecule has 4 nitrogen and oxygen atoms in total. The SMILES string of the molecule is NCC1(CN2CCC3(O)CCCCC3C2)CCOCC1. The van der Waals surface area contributed by atoms with Crippen LogP contribution < -0.4 is 5.73 Å². The second-order valence-electron chi connectivity index (χ2n) is 7.35. The molecule has 0 aromatic rings. The first-order valence-electron chi connectivity index (χ1n) is 8.38. The highest BCUT2D eigenvalue weighted by molar-refractivity contribution is 4.97. The van der Waals surface area contributed by atoms with Gasteiger partial charge in [0.2, 0.25) is 0 Å². The Bertz CT molecular complexity index is 330. The van der Waals surface area contributed by atoms with Crippen molar-refractivity contribution in [2.24, 2.45) is 17.1 Å². The van der Waals surface area contributed by atoms with E-state index in [0.717, 1.165) is 65.1 Å². The van der Waals surface area contributed by atoms with Crippen LogP contribution in [0.3, 0.4) is 0 Å². The molecule has 0 spiro atoms. The van der Waals surface area contributed by atoms with Crippen LogP contribution >= 0.6 is 0 Å². The lowest BCUT2D eigenvalue weighted by atomic mass is 9.70. The monoisotopic (exact) mass is 282 g/mol. The van der Waals surface area contributed by atoms with Crippen molar-refractivity contribution >= 4 is 0 Å². The van der Waals surface area contributed by atoms with E-state index in [1.165, 1.54) is 19.3 Å². The van der Waals surface area contributed by atoms with E-state index in [9.17, 15) is 5.11 Å². The highest BCUT2D eigenvalue weighted by Crippen LogP contribution is 2.41. The Labute approximate surface area is 122 Å². The van der Waals surface area contributed by atoms with E-state index >= 15 is 0 Å². The Morgan fingerprint density at radius 2 is 1.95 bits per heavy atom. The molecule has 2 aliphatic heterocycles. The van der Waals surface area contributed by atoms with Crippen LogP contribution in [0.4, 0.5) is 0 Å². The molecule has 3 rings (SSSR count). The summed E-state index contributed by atoms with van der Waals surface area (Å²) < 4.78 is 5.50. The summed E-state index contributed by atoms with van der Waals surface area (Å²) >= 11 is 0. The summed E-state index contributed by atoms with van der Waals surface area (Å²) in [7, 11) is 0. The molecule has 0 aromatic carbocycles. The van der Waals surface area contributed by atoms with Gasteiger partial charge in [-0.25, -0.2) is 0 Å². The molecule has 2 heterocycles. The molecule has 116 valence electrons. The van der Waals surface area contributed by atoms with Crippen LogP contribution in [-0.2, 0) is 4.74 Å². The van der Waals surface area contributed by atoms with Gasteiger partial charge in [0.25, 0.3) is 0 Å². The third-order valence-electron chi connectivity index (χ3n) is 6.06. The molecule has 20 heavy (non-hydrogen) atoms. The smallest absolute Gasteiger partial charge is 0.0700 e. The predicted octanol–water partition coefficient (Wildman–Crippen LogP) is 1.37. The Morgan fingerprint density at radius 1 is 1.15 bits per heavy atom. The van der Waals surface area contributed by atoms with Gasteiger partial charge < -0.3 is 20.5 Å². The molecule has 3 aliphatic rings. The zero-order valence-electron chi connectivity index (χ0n) is 12.6. The number of nitrogens with two attached hydrogens (primary N) is 1. The third-order valence-corrected chi connectivity index (χ3v) is 6.06. The first kappa shape index (κ1) is 14.8. The normalized spacial score (nSPS) is 38.4. The molecule has 3 N–H and O–H groups in total. The van der Waals surface area contributed by atoms with Crippen LogP contribution in [0.2, 0.25) is 0 Å². The van der Waals surface area contributed by atoms with Crippen molar-refractivity contribution < 1.29 is 9.84 Å². The second-order valence-corrected chi connectivity index (χ2v) is 7.35. The maximum Gasteiger partial charge on any atom is 0.0700 e. The lowest BCUT2D eigenvalue weighted by Gasteiger charge is -2.50. The Balaban J connectivity index is 1.61. The summed E-state index contributed by atoms with van der Waals surface area (Å²) in [5.74, 6) is 0.486. The number of fused-ring (bicyclic) bond motifs is 1. The van der Waals surface area contributed by atoms with E-state index in [1.54, 1.807) is 0 Å². The van der Waals surface area contributed by atoms with Gasteiger partial charge in [0.1, 0.15) is 0 Å². The third kappa shape index (κ3) is 2.89. The quantitative estimate of drug-likeness (QED) is 0.821. The second kappa shape index (κ2) is 5.91. The number of rotatable bonds is 3. The molecule has 2 atom stereocenters. The highest BCUT2D eigenvalue weighted by atomic mass is 16.5. The summed E-state index contributed by atoms with van der Waals surface area (Å²) in [5.41, 5.74) is 5.97. The van der Waals surface area contributed by atoms with Gasteiger partial charge in [-0.2, -0.15) is 0 Å². The number of nitrogens with zero attached hydrogens (tertiary/aromatic N) is 1. The minimum Gasteiger partial charge on any atom is -0.390 e. The van der Waals surface area contributed by atoms with E-state index in [0.29, 0.717) is 5.92 Å². The van der Waals surface area contributed by atoms with Crippen LogP contribution in [0.15, 0.2) is 0 Å². The molecule has 1 saturated carbocycles. The van der Waals surface area contributed by atoms with Crippen LogP contribution in [0.1, 0.15) is 44.9 Å². The fraction of sp³-hybridized carbons (Fsp3) is 1.00. The topological polar surface area (TPSA) is 58.7 Å². The number of hydrogen-bond donors (Lipinski definition) is 2. The fourth-order valence-electron chi connectivity index (χ4n) is 4.49. The summed E-state index contributed by atoms with van der Waals surface area (Å²) in [6, 6.07) is 0. The van der Waals surface area contributed by atoms with Crippen molar-refractivity contribution in [1.82, 2.24) is 4.90 Å². The number of likely N-dealkylation sites (tertiary alicyclic amines) is 1. The minimum absolute atomic E-state index is 0.252. The average Bonchev–Trinajstić information content (AvgIpc) is 2.48. The first-order chi connectivity index (χ1) is 9.66. The summed E-state index contributed by atoms with van der Waals surface area (Å²) in [5, 5.41) is 10.8. The molecular weight excluding hydrogens is 252 g/mol. The van der Waals surface area contributed by atoms with Crippen molar-refractivity contribution in [2.45, 2.75) is 50.5 Å². The Kier molecular flexibility index (Phi) is 4.37. The Hall–Kier alpha value is -0.160. The van der Waals surface area contributed by atoms with E-state index in [-0.39, 0.29) is 11.0 Å². The van der Waals surface area contributed by atoms with E-state index < -0.39 is 0 Å². The molecule has 3 fully saturated rings. The van der Waals surface area contributed by atoms with Crippen LogP contribution in [-0.4, -0.2) is 55.0 Å². The van der Waals surface area contributed by atoms with Crippen molar-refractivity contribution in [2.75, 3.05) is 39.4 Å². The van der Waals surface area contributed by atoms with E-state index in [1.807, 2.05) is 0 Å². The van der Waals surface area contributed by atoms with Gasteiger partial charge in [-0.05, 0) is 44.1 Å². The molecule has 0 aromatic heterocycles. The molecule has 0 amide bonds. The molecule has 1 aliphatic carbocycles. The highest BCUT2D eigenvalue weighted by Gasteiger charge is 2.44. The van der Waals surface area contributed by atoms with Crippen molar-refractivity contribution in [3.05, 3.63) is 0 Å². The van der Waals surface area contributed by atoms with E-state index in [2.05, 4.69) is 4.90 Å². The van der Waals surface area contributed by atoms with Crippen molar-refractivity contribution in [3.63, 3.8) is 0 Å². The van der Waals surface area contributed by atoms with Gasteiger partial charge >= 0.3 is 0 Å². The van der Waals surface area contributed by atoms with Gasteiger partial charge in [0, 0.05) is 38.8 Å². The maximum atomic E-state index is 10.8. The molecule has 2 unspecified atom stereocenters. The van der Waals surface area contributed by atoms with Crippen molar-refractivity contribution in [1.29, 1.82) is 0 Å². The van der Waals surface area contributed by atoms with Crippen molar-refractivity contribution in [3.8, 4) is 0 Å². The van der Waals surface area contributed by atoms with E-state index in [4.69, 9.17) is 10.5 Å². The van der Waals surface area contributed by atoms with Gasteiger partial charge in [-0.15, -0.1) is 0 Å². The maximum absolute atomic E-state index is 10.8. The Morgan fingerprint density at radius 3 is 2.70 bits per heavy atom. The van der Waals surface area contributed by atoms with Gasteiger partial charge in [-0.1, -0.05) is 12.8 Å². The number of hydrogen-bond acceptors (Lipinski definition) is 4. The lowest BCUT2D eigenvalue weighted by molar-refractivity contribution is -0.105. The molecule has 2 saturated heterocycles. The number of ether oxygens (including phenoxy) is 1. The van der Waals surface area contributed by atoms with Gasteiger partial charge in [0.05, 0.1) is 5.60 Å². The van der Waals surface area contributed by atoms with Gasteiger partial charge in [0.15, 0.2) is 0 Å². The van der Waals surface area contributed by atoms with Gasteiger partial charge in [-0.3, -0.25) is 0 Å². The summed E-state index contributed by atoms with van der Waals surface area (Å²) in [4.78, 5) is 2.57. The molecule has 4 heteroatoms. The average molecular weight is 282 g/mol. The lowest BCUT2D eigenvalue weighted by Crippen LogP contribution is -2.56. The largest absolute Gasteiger partial charge is 0.390 e. The zero-order valence-corrected chi connectivity index (χ0v) is 12.6.